The standard InChI is InChI=1S/2C9H18/c2*1-7(8-5-6-8)9(2,3)4/h2*7-8H,5-6H2,1-4H3/t2*7-/m10/s1. The molecule has 0 amide bonds. The van der Waals surface area contributed by atoms with Gasteiger partial charge in [-0.15, -0.1) is 0 Å². The summed E-state index contributed by atoms with van der Waals surface area (Å²) in [4.78, 5) is 0. The van der Waals surface area contributed by atoms with E-state index < -0.39 is 0 Å². The third kappa shape index (κ3) is 5.33. The summed E-state index contributed by atoms with van der Waals surface area (Å²) in [5, 5.41) is 0. The Morgan fingerprint density at radius 3 is 0.889 bits per heavy atom. The third-order valence-electron chi connectivity index (χ3n) is 5.39. The average molecular weight is 252 g/mol. The molecule has 0 heterocycles. The summed E-state index contributed by atoms with van der Waals surface area (Å²) < 4.78 is 0. The first-order chi connectivity index (χ1) is 8.03. The summed E-state index contributed by atoms with van der Waals surface area (Å²) in [7, 11) is 0. The first-order valence-electron chi connectivity index (χ1n) is 8.03. The lowest BCUT2D eigenvalue weighted by Gasteiger charge is -2.26. The van der Waals surface area contributed by atoms with Crippen molar-refractivity contribution < 1.29 is 0 Å². The van der Waals surface area contributed by atoms with E-state index in [0.29, 0.717) is 10.8 Å². The van der Waals surface area contributed by atoms with Crippen molar-refractivity contribution in [1.29, 1.82) is 0 Å². The Morgan fingerprint density at radius 2 is 0.833 bits per heavy atom. The summed E-state index contributed by atoms with van der Waals surface area (Å²) >= 11 is 0. The quantitative estimate of drug-likeness (QED) is 0.552. The molecule has 0 N–H and O–H groups in total. The second-order valence-electron chi connectivity index (χ2n) is 8.98. The highest BCUT2D eigenvalue weighted by molar-refractivity contribution is 4.85. The molecular formula is C18H36. The predicted octanol–water partition coefficient (Wildman–Crippen LogP) is 6.16. The summed E-state index contributed by atoms with van der Waals surface area (Å²) in [6.45, 7) is 18.8. The molecule has 2 atom stereocenters. The normalized spacial score (nSPS) is 24.0. The van der Waals surface area contributed by atoms with Crippen LogP contribution in [0.5, 0.6) is 0 Å². The Balaban J connectivity index is 0.000000180. The van der Waals surface area contributed by atoms with Gasteiger partial charge in [0.2, 0.25) is 0 Å². The van der Waals surface area contributed by atoms with Crippen LogP contribution in [0.2, 0.25) is 0 Å². The maximum Gasteiger partial charge on any atom is -0.0354 e. The van der Waals surface area contributed by atoms with E-state index >= 15 is 0 Å². The van der Waals surface area contributed by atoms with E-state index in [1.165, 1.54) is 25.7 Å². The third-order valence-corrected chi connectivity index (χ3v) is 5.39. The lowest BCUT2D eigenvalue weighted by Crippen LogP contribution is -2.18. The van der Waals surface area contributed by atoms with Crippen LogP contribution >= 0.6 is 0 Å². The molecular weight excluding hydrogens is 216 g/mol. The van der Waals surface area contributed by atoms with E-state index in [9.17, 15) is 0 Å². The van der Waals surface area contributed by atoms with Crippen LogP contribution < -0.4 is 0 Å². The lowest BCUT2D eigenvalue weighted by atomic mass is 9.79. The average Bonchev–Trinajstić information content (AvgIpc) is 3.04. The van der Waals surface area contributed by atoms with Gasteiger partial charge < -0.3 is 0 Å². The van der Waals surface area contributed by atoms with E-state index in [1.807, 2.05) is 0 Å². The molecule has 0 bridgehead atoms. The fourth-order valence-electron chi connectivity index (χ4n) is 2.61. The fourth-order valence-corrected chi connectivity index (χ4v) is 2.61. The number of hydrogen-bond donors (Lipinski definition) is 0. The molecule has 0 nitrogen and oxygen atoms in total. The highest BCUT2D eigenvalue weighted by Crippen LogP contribution is 2.45. The van der Waals surface area contributed by atoms with Gasteiger partial charge in [-0.25, -0.2) is 0 Å². The maximum atomic E-state index is 2.39. The van der Waals surface area contributed by atoms with Gasteiger partial charge in [-0.2, -0.15) is 0 Å². The zero-order valence-corrected chi connectivity index (χ0v) is 14.1. The van der Waals surface area contributed by atoms with Gasteiger partial charge in [0.1, 0.15) is 0 Å². The van der Waals surface area contributed by atoms with Gasteiger partial charge in [0.15, 0.2) is 0 Å². The first kappa shape index (κ1) is 16.1. The van der Waals surface area contributed by atoms with Crippen LogP contribution in [-0.4, -0.2) is 0 Å². The molecule has 0 aromatic carbocycles. The van der Waals surface area contributed by atoms with Gasteiger partial charge in [0.05, 0.1) is 0 Å². The lowest BCUT2D eigenvalue weighted by molar-refractivity contribution is 0.232. The Labute approximate surface area is 116 Å². The highest BCUT2D eigenvalue weighted by atomic mass is 14.4. The van der Waals surface area contributed by atoms with Crippen LogP contribution in [-0.2, 0) is 0 Å². The minimum absolute atomic E-state index is 0.543. The molecule has 18 heavy (non-hydrogen) atoms. The summed E-state index contributed by atoms with van der Waals surface area (Å²) in [6, 6.07) is 0. The van der Waals surface area contributed by atoms with Gasteiger partial charge in [0.25, 0.3) is 0 Å². The van der Waals surface area contributed by atoms with Crippen LogP contribution in [0.3, 0.4) is 0 Å². The fraction of sp³-hybridized carbons (Fsp3) is 1.00. The molecule has 0 spiro atoms. The van der Waals surface area contributed by atoms with Crippen LogP contribution in [0.1, 0.15) is 81.1 Å². The summed E-state index contributed by atoms with van der Waals surface area (Å²) in [5.74, 6) is 3.98. The Morgan fingerprint density at radius 1 is 0.611 bits per heavy atom. The van der Waals surface area contributed by atoms with Crippen molar-refractivity contribution in [2.24, 2.45) is 34.5 Å². The van der Waals surface area contributed by atoms with Crippen molar-refractivity contribution in [3.8, 4) is 0 Å². The molecule has 0 aromatic heterocycles. The van der Waals surface area contributed by atoms with Crippen molar-refractivity contribution in [3.63, 3.8) is 0 Å². The van der Waals surface area contributed by atoms with E-state index in [2.05, 4.69) is 55.4 Å². The van der Waals surface area contributed by atoms with Crippen molar-refractivity contribution >= 4 is 0 Å². The molecule has 2 aliphatic carbocycles. The molecule has 0 saturated heterocycles. The van der Waals surface area contributed by atoms with Crippen molar-refractivity contribution in [1.82, 2.24) is 0 Å². The second kappa shape index (κ2) is 5.55. The minimum Gasteiger partial charge on any atom is -0.0617 e. The zero-order chi connectivity index (χ0) is 14.1. The van der Waals surface area contributed by atoms with Gasteiger partial charge in [-0.3, -0.25) is 0 Å². The molecule has 0 heteroatoms. The van der Waals surface area contributed by atoms with Gasteiger partial charge in [-0.1, -0.05) is 55.4 Å². The zero-order valence-electron chi connectivity index (χ0n) is 14.1. The maximum absolute atomic E-state index is 2.39. The van der Waals surface area contributed by atoms with Crippen LogP contribution in [0.15, 0.2) is 0 Å². The topological polar surface area (TPSA) is 0 Å². The molecule has 2 saturated carbocycles. The molecule has 0 unspecified atom stereocenters. The highest BCUT2D eigenvalue weighted by Gasteiger charge is 2.35. The molecule has 0 radical (unpaired) electrons. The van der Waals surface area contributed by atoms with Crippen LogP contribution in [0.4, 0.5) is 0 Å². The van der Waals surface area contributed by atoms with Gasteiger partial charge >= 0.3 is 0 Å². The molecule has 0 aromatic rings. The SMILES string of the molecule is C[C@@H](C1CC1)C(C)(C)C.C[C@H](C1CC1)C(C)(C)C. The van der Waals surface area contributed by atoms with Crippen LogP contribution in [0.25, 0.3) is 0 Å². The molecule has 0 aliphatic heterocycles. The van der Waals surface area contributed by atoms with E-state index in [1.54, 1.807) is 0 Å². The van der Waals surface area contributed by atoms with Crippen molar-refractivity contribution in [2.45, 2.75) is 81.1 Å². The molecule has 108 valence electrons. The molecule has 2 rings (SSSR count). The number of rotatable bonds is 2. The Hall–Kier alpha value is 0. The number of hydrogen-bond acceptors (Lipinski definition) is 0. The monoisotopic (exact) mass is 252 g/mol. The van der Waals surface area contributed by atoms with Gasteiger partial charge in [-0.05, 0) is 60.2 Å². The van der Waals surface area contributed by atoms with E-state index in [0.717, 1.165) is 23.7 Å². The van der Waals surface area contributed by atoms with Crippen molar-refractivity contribution in [2.75, 3.05) is 0 Å². The minimum atomic E-state index is 0.543. The summed E-state index contributed by atoms with van der Waals surface area (Å²) in [5.41, 5.74) is 1.09. The summed E-state index contributed by atoms with van der Waals surface area (Å²) in [6.07, 6.45) is 5.94. The van der Waals surface area contributed by atoms with Crippen molar-refractivity contribution in [3.05, 3.63) is 0 Å². The van der Waals surface area contributed by atoms with E-state index in [4.69, 9.17) is 0 Å². The molecule has 2 aliphatic rings. The largest absolute Gasteiger partial charge is 0.0617 e. The Kier molecular flexibility index (Phi) is 4.95. The second-order valence-corrected chi connectivity index (χ2v) is 8.98. The predicted molar refractivity (Wildman–Crippen MR) is 82.7 cm³/mol. The molecule has 2 fully saturated rings. The smallest absolute Gasteiger partial charge is 0.0354 e. The van der Waals surface area contributed by atoms with Crippen LogP contribution in [0, 0.1) is 34.5 Å². The van der Waals surface area contributed by atoms with E-state index in [-0.39, 0.29) is 0 Å². The Bertz CT molecular complexity index is 214. The first-order valence-corrected chi connectivity index (χ1v) is 8.03. The van der Waals surface area contributed by atoms with Gasteiger partial charge in [0, 0.05) is 0 Å².